The molecule has 0 radical (unpaired) electrons. The average Bonchev–Trinajstić information content (AvgIpc) is 1.67. The van der Waals surface area contributed by atoms with Crippen LogP contribution in [0.3, 0.4) is 0 Å². The maximum Gasteiger partial charge on any atom is 2.00 e. The maximum absolute atomic E-state index is 15.1. The Morgan fingerprint density at radius 1 is 0.397 bits per heavy atom. The first-order valence-corrected chi connectivity index (χ1v) is 51.2. The van der Waals surface area contributed by atoms with E-state index in [4.69, 9.17) is 38.7 Å². The fraction of sp³-hybridized carbons (Fsp3) is 0.429. The summed E-state index contributed by atoms with van der Waals surface area (Å²) in [5.41, 5.74) is 22.8. The Balaban J connectivity index is 0.0000137. The van der Waals surface area contributed by atoms with Crippen LogP contribution in [0.5, 0.6) is 0 Å². The largest absolute Gasteiger partial charge is 2.00 e. The van der Waals surface area contributed by atoms with E-state index in [1.807, 2.05) is 75.4 Å². The average molecular weight is 1940 g/mol. The third-order valence-electron chi connectivity index (χ3n) is 30.1. The third kappa shape index (κ3) is 18.6. The minimum Gasteiger partial charge on any atom is -0.657 e. The predicted molar refractivity (Wildman–Crippen MR) is 565 cm³/mol. The molecule has 6 aliphatic rings. The fourth-order valence-corrected chi connectivity index (χ4v) is 22.0. The van der Waals surface area contributed by atoms with Crippen LogP contribution in [0.4, 0.5) is 5.69 Å². The zero-order valence-corrected chi connectivity index (χ0v) is 89.1. The van der Waals surface area contributed by atoms with Crippen molar-refractivity contribution in [2.24, 2.45) is 0 Å². The number of carbonyl (C=O) groups excluding carboxylic acids is 4. The summed E-state index contributed by atoms with van der Waals surface area (Å²) in [5, 5.41) is 0.842. The first-order chi connectivity index (χ1) is 66.8. The van der Waals surface area contributed by atoms with Crippen LogP contribution in [-0.4, -0.2) is 87.2 Å². The number of allylic oxidation sites excluding steroid dienone is 4. The fourth-order valence-electron chi connectivity index (χ4n) is 22.0. The van der Waals surface area contributed by atoms with E-state index in [-0.39, 0.29) is 101 Å². The van der Waals surface area contributed by atoms with Gasteiger partial charge in [0.05, 0.1) is 94.2 Å². The molecule has 18 rings (SSSR count). The van der Waals surface area contributed by atoms with Gasteiger partial charge < -0.3 is 28.8 Å². The van der Waals surface area contributed by atoms with Gasteiger partial charge >= 0.3 is 26.6 Å². The summed E-state index contributed by atoms with van der Waals surface area (Å²) in [4.78, 5) is 145. The van der Waals surface area contributed by atoms with Gasteiger partial charge in [-0.2, -0.15) is 0 Å². The summed E-state index contributed by atoms with van der Waals surface area (Å²) in [6.45, 7) is 42.6. The Labute approximate surface area is 840 Å². The van der Waals surface area contributed by atoms with Gasteiger partial charge in [-0.05, 0) is 222 Å². The van der Waals surface area contributed by atoms with Crippen molar-refractivity contribution in [1.29, 1.82) is 0 Å². The number of hydrogen-bond donors (Lipinski definition) is 0. The molecule has 141 heavy (non-hydrogen) atoms. The van der Waals surface area contributed by atoms with E-state index in [1.54, 1.807) is 24.3 Å². The Hall–Kier alpha value is -11.5. The molecule has 6 aliphatic heterocycles. The maximum atomic E-state index is 15.1. The number of imide groups is 2. The van der Waals surface area contributed by atoms with Crippen molar-refractivity contribution < 1.29 is 57.4 Å². The molecule has 8 bridgehead atoms. The van der Waals surface area contributed by atoms with Gasteiger partial charge in [-0.3, -0.25) is 47.8 Å². The van der Waals surface area contributed by atoms with E-state index in [0.29, 0.717) is 22.1 Å². The van der Waals surface area contributed by atoms with E-state index in [0.717, 1.165) is 256 Å². The Morgan fingerprint density at radius 2 is 0.780 bits per heavy atom. The van der Waals surface area contributed by atoms with E-state index < -0.39 is 82.2 Å². The molecule has 20 nitrogen and oxygen atoms in total. The molecule has 0 spiro atoms. The molecule has 0 unspecified atom stereocenters. The molecular formula is C119H133BN8O12Zn. The molecular weight excluding hydrogens is 1810 g/mol. The number of hydrogen-bond acceptors (Lipinski definition) is 14. The van der Waals surface area contributed by atoms with E-state index in [9.17, 15) is 28.8 Å². The summed E-state index contributed by atoms with van der Waals surface area (Å²) in [6, 6.07) is 40.8. The zero-order chi connectivity index (χ0) is 99.4. The second-order valence-electron chi connectivity index (χ2n) is 44.0. The second kappa shape index (κ2) is 40.0. The molecule has 0 N–H and O–H groups in total. The van der Waals surface area contributed by atoms with Crippen molar-refractivity contribution in [3.05, 3.63) is 270 Å². The summed E-state index contributed by atoms with van der Waals surface area (Å²) in [5.74, 6) is -2.16. The summed E-state index contributed by atoms with van der Waals surface area (Å²) in [6.07, 6.45) is 19.3. The van der Waals surface area contributed by atoms with Crippen molar-refractivity contribution in [3.63, 3.8) is 0 Å². The molecule has 5 aromatic heterocycles. The standard InChI is InChI=1S/C119H133BN8O12.Zn/c1-21-25-29-33-37-79-67(5)103-99(71-41-43-73(44-42-71)115-137-63-77(64-138-115)125-111(133)87-59-89-90(60-88(87)112(125)134)114(136)128(113(89)135)98-58-75(117(12,13)14)48-56-92(98)119(18,19)20)104-68(6)80(38-34-30-26-22-2)94(122-104)62-96-82(40-36-32-28-24-4)70(8)106(124-96)100(105-69(7)81(39-35-31-27-23-3)95(123-105)61-93(79)121-103)72-45-49-76(50-46-72)120-139-65-78(66-140-120)126-107(129)83-51-53-85-102-86(54-52-84(101(83)102)108(126)130)110(132)127(109(85)131)97-57-74(116(9,10)11)47-55-91(97)118(15,16)17;/h41-62,77-78,115H,21-40,63-66H2,1-20H3;/q-2;+2. The van der Waals surface area contributed by atoms with E-state index in [1.165, 1.54) is 48.8 Å². The van der Waals surface area contributed by atoms with Crippen LogP contribution in [0.1, 0.15) is 367 Å². The molecule has 0 atom stereocenters. The molecule has 22 heteroatoms. The number of fused-ring (bicyclic) bond motifs is 10. The van der Waals surface area contributed by atoms with Gasteiger partial charge in [0.1, 0.15) is 0 Å². The normalized spacial score (nSPS) is 16.3. The molecule has 2 saturated heterocycles. The molecule has 0 saturated carbocycles. The van der Waals surface area contributed by atoms with Crippen LogP contribution in [0, 0.1) is 13.8 Å². The first kappa shape index (κ1) is 101. The van der Waals surface area contributed by atoms with Crippen LogP contribution in [0.25, 0.3) is 105 Å². The molecule has 12 aromatic rings. The van der Waals surface area contributed by atoms with Crippen LogP contribution in [0.15, 0.2) is 153 Å². The van der Waals surface area contributed by atoms with Crippen LogP contribution >= 0.6 is 0 Å². The molecule has 11 heterocycles. The van der Waals surface area contributed by atoms with Gasteiger partial charge in [0.2, 0.25) is 0 Å². The van der Waals surface area contributed by atoms with Gasteiger partial charge in [0.25, 0.3) is 45.9 Å². The van der Waals surface area contributed by atoms with Crippen LogP contribution in [0.2, 0.25) is 0 Å². The Kier molecular flexibility index (Phi) is 28.7. The molecule has 0 aliphatic carbocycles. The van der Waals surface area contributed by atoms with Crippen molar-refractivity contribution in [2.75, 3.05) is 31.3 Å². The predicted octanol–water partition coefficient (Wildman–Crippen LogP) is 24.6. The number of nitrogens with zero attached hydrogens (tertiary/aromatic N) is 8. The first-order valence-electron chi connectivity index (χ1n) is 51.2. The molecule has 4 amide bonds. The Morgan fingerprint density at radius 3 is 1.18 bits per heavy atom. The summed E-state index contributed by atoms with van der Waals surface area (Å²) in [7, 11) is -0.857. The van der Waals surface area contributed by atoms with Crippen molar-refractivity contribution >= 4 is 119 Å². The number of ether oxygens (including phenoxy) is 2. The van der Waals surface area contributed by atoms with Crippen molar-refractivity contribution in [2.45, 2.75) is 307 Å². The number of benzene rings is 7. The number of unbranched alkanes of at least 4 members (excludes halogenated alkanes) is 12. The summed E-state index contributed by atoms with van der Waals surface area (Å²) < 4.78 is 28.8. The molecule has 7 aromatic carbocycles. The van der Waals surface area contributed by atoms with Gasteiger partial charge in [-0.15, -0.1) is 22.1 Å². The zero-order valence-electron chi connectivity index (χ0n) is 86.2. The van der Waals surface area contributed by atoms with Gasteiger partial charge in [-0.1, -0.05) is 295 Å². The number of anilines is 1. The topological polar surface area (TPSA) is 244 Å². The second-order valence-corrected chi connectivity index (χ2v) is 44.0. The van der Waals surface area contributed by atoms with Gasteiger partial charge in [0, 0.05) is 38.6 Å². The summed E-state index contributed by atoms with van der Waals surface area (Å²) >= 11 is 0. The third-order valence-corrected chi connectivity index (χ3v) is 30.1. The Bertz CT molecular complexity index is 7350. The number of carbonyl (C=O) groups is 4. The van der Waals surface area contributed by atoms with Gasteiger partial charge in [-0.25, -0.2) is 19.4 Å². The number of rotatable bonds is 28. The van der Waals surface area contributed by atoms with E-state index >= 15 is 9.59 Å². The minimum atomic E-state index is -0.857. The molecule has 726 valence electrons. The SMILES string of the molecule is CCCCCCC1=C(C)c2nc1cc1[n-]c(c(C)c1CCCCCC)c(-c1ccc(B3OCC(N4C(=O)c5ccc6c7c(ccc(c57)C4=O)C(=O)N(c4cc(C(C)(C)C)ccc4C(C)(C)C)C6=O)CO3)cc1)c1nc(cc3[n-]c(c(C)c3CCCCCC)c2-c2ccc(C3OCC(n4c(=O)c5cc6c(=O)n(-c7cc(C(C)(C)C)ccc7C(C)(C)C)c(=O)c6cc5c4=O)CO3)cc2)C(CCCCCC)=C1C.[Zn+2]. The van der Waals surface area contributed by atoms with Crippen molar-refractivity contribution in [3.8, 4) is 27.9 Å². The minimum absolute atomic E-state index is 0. The smallest absolute Gasteiger partial charge is 0.657 e. The van der Waals surface area contributed by atoms with Crippen LogP contribution < -0.4 is 42.6 Å². The number of amides is 4. The quantitative estimate of drug-likeness (QED) is 0.0251. The molecule has 2 fully saturated rings. The number of aromatic nitrogens is 6. The van der Waals surface area contributed by atoms with Gasteiger partial charge in [0.15, 0.2) is 6.29 Å². The van der Waals surface area contributed by atoms with Crippen molar-refractivity contribution in [1.82, 2.24) is 34.0 Å². The van der Waals surface area contributed by atoms with Crippen LogP contribution in [-0.2, 0) is 72.8 Å². The monoisotopic (exact) mass is 1940 g/mol. The van der Waals surface area contributed by atoms with E-state index in [2.05, 4.69) is 160 Å². The number of aryl methyl sites for hydroxylation is 4.